The summed E-state index contributed by atoms with van der Waals surface area (Å²) in [6.07, 6.45) is 5.57. The number of nitrogens with zero attached hydrogens (tertiary/aromatic N) is 5. The Morgan fingerprint density at radius 2 is 2.00 bits per heavy atom. The summed E-state index contributed by atoms with van der Waals surface area (Å²) in [5, 5.41) is 4.21. The van der Waals surface area contributed by atoms with E-state index in [0.717, 1.165) is 19.3 Å². The second-order valence-electron chi connectivity index (χ2n) is 6.85. The molecular formula is C21H23F2N5O2. The number of alkyl halides is 2. The van der Waals surface area contributed by atoms with Gasteiger partial charge >= 0.3 is 0 Å². The minimum absolute atomic E-state index is 0.121. The van der Waals surface area contributed by atoms with E-state index in [1.807, 2.05) is 26.0 Å². The lowest BCUT2D eigenvalue weighted by Gasteiger charge is -2.28. The van der Waals surface area contributed by atoms with Gasteiger partial charge in [0.25, 0.3) is 11.8 Å². The molecule has 3 aromatic rings. The molecule has 0 fully saturated rings. The Kier molecular flexibility index (Phi) is 6.39. The van der Waals surface area contributed by atoms with Crippen LogP contribution >= 0.6 is 0 Å². The molecule has 30 heavy (non-hydrogen) atoms. The molecule has 0 saturated carbocycles. The molecule has 2 aromatic heterocycles. The fourth-order valence-corrected chi connectivity index (χ4v) is 2.99. The fraction of sp³-hybridized carbons (Fsp3) is 0.333. The van der Waals surface area contributed by atoms with Crippen LogP contribution in [0.25, 0.3) is 5.69 Å². The van der Waals surface area contributed by atoms with Crippen molar-refractivity contribution in [2.45, 2.75) is 32.7 Å². The van der Waals surface area contributed by atoms with Crippen LogP contribution in [0, 0.1) is 0 Å². The molecule has 0 aliphatic heterocycles. The molecule has 1 amide bonds. The lowest BCUT2D eigenvalue weighted by atomic mass is 10.1. The molecule has 0 spiro atoms. The molecule has 158 valence electrons. The van der Waals surface area contributed by atoms with Gasteiger partial charge in [-0.15, -0.1) is 0 Å². The van der Waals surface area contributed by atoms with Crippen molar-refractivity contribution in [3.8, 4) is 11.6 Å². The Morgan fingerprint density at radius 1 is 1.23 bits per heavy atom. The minimum atomic E-state index is -3.06. The van der Waals surface area contributed by atoms with Gasteiger partial charge in [0.1, 0.15) is 12.3 Å². The normalized spacial score (nSPS) is 12.4. The number of para-hydroxylation sites is 1. The van der Waals surface area contributed by atoms with Gasteiger partial charge in [-0.05, 0) is 32.0 Å². The second kappa shape index (κ2) is 8.98. The number of likely N-dealkylation sites (N-methyl/N-ethyl adjacent to an activating group) is 1. The summed E-state index contributed by atoms with van der Waals surface area (Å²) in [4.78, 5) is 22.4. The Labute approximate surface area is 173 Å². The van der Waals surface area contributed by atoms with Crippen molar-refractivity contribution in [2.75, 3.05) is 13.2 Å². The lowest BCUT2D eigenvalue weighted by molar-refractivity contribution is 0.0121. The summed E-state index contributed by atoms with van der Waals surface area (Å²) in [5.74, 6) is -3.10. The van der Waals surface area contributed by atoms with E-state index < -0.39 is 11.6 Å². The van der Waals surface area contributed by atoms with Crippen molar-refractivity contribution in [1.29, 1.82) is 0 Å². The van der Waals surface area contributed by atoms with Crippen molar-refractivity contribution < 1.29 is 18.3 Å². The van der Waals surface area contributed by atoms with E-state index in [1.165, 1.54) is 0 Å². The number of hydrogen-bond donors (Lipinski definition) is 0. The third-order valence-electron chi connectivity index (χ3n) is 4.57. The molecule has 2 heterocycles. The molecule has 7 nitrogen and oxygen atoms in total. The maximum Gasteiger partial charge on any atom is 0.288 e. The van der Waals surface area contributed by atoms with Crippen LogP contribution < -0.4 is 4.74 Å². The molecule has 0 unspecified atom stereocenters. The van der Waals surface area contributed by atoms with Crippen molar-refractivity contribution in [3.63, 3.8) is 0 Å². The first-order valence-electron chi connectivity index (χ1n) is 9.54. The lowest BCUT2D eigenvalue weighted by Crippen LogP contribution is -2.42. The summed E-state index contributed by atoms with van der Waals surface area (Å²) in [7, 11) is 0. The number of hydrogen-bond acceptors (Lipinski definition) is 5. The molecule has 0 aliphatic rings. The smallest absolute Gasteiger partial charge is 0.288 e. The molecule has 0 saturated heterocycles. The summed E-state index contributed by atoms with van der Waals surface area (Å²) >= 11 is 0. The van der Waals surface area contributed by atoms with Crippen molar-refractivity contribution in [3.05, 3.63) is 66.4 Å². The predicted octanol–water partition coefficient (Wildman–Crippen LogP) is 3.70. The highest BCUT2D eigenvalue weighted by Gasteiger charge is 2.27. The summed E-state index contributed by atoms with van der Waals surface area (Å²) in [6, 6.07) is 8.73. The molecule has 9 heteroatoms. The number of halogens is 2. The maximum atomic E-state index is 13.2. The number of benzene rings is 1. The average molecular weight is 415 g/mol. The topological polar surface area (TPSA) is 73.1 Å². The number of carbonyl (C=O) groups is 1. The summed E-state index contributed by atoms with van der Waals surface area (Å²) in [6.45, 7) is 5.08. The van der Waals surface area contributed by atoms with Crippen LogP contribution in [0.2, 0.25) is 0 Å². The molecule has 0 bridgehead atoms. The molecular weight excluding hydrogens is 392 g/mol. The highest BCUT2D eigenvalue weighted by atomic mass is 19.3. The molecule has 3 rings (SSSR count). The van der Waals surface area contributed by atoms with Gasteiger partial charge in [0.2, 0.25) is 5.88 Å². The number of carbonyl (C=O) groups excluding carboxylic acids is 1. The molecule has 0 N–H and O–H groups in total. The molecule has 0 aliphatic carbocycles. The first kappa shape index (κ1) is 21.4. The Balaban J connectivity index is 1.71. The first-order valence-corrected chi connectivity index (χ1v) is 9.54. The third kappa shape index (κ3) is 4.79. The Bertz CT molecular complexity index is 972. The van der Waals surface area contributed by atoms with E-state index in [-0.39, 0.29) is 24.4 Å². The molecule has 1 aromatic carbocycles. The van der Waals surface area contributed by atoms with Crippen LogP contribution in [0.4, 0.5) is 8.78 Å². The van der Waals surface area contributed by atoms with E-state index in [9.17, 15) is 13.6 Å². The number of aromatic nitrogens is 4. The van der Waals surface area contributed by atoms with Crippen LogP contribution in [0.5, 0.6) is 5.88 Å². The van der Waals surface area contributed by atoms with Crippen molar-refractivity contribution >= 4 is 5.91 Å². The SMILES string of the molecule is CCN(C(=O)c1ccccc1-n1cccn1)[C@@H](C)COc1cnc(C(C)(F)F)cn1. The highest BCUT2D eigenvalue weighted by Crippen LogP contribution is 2.24. The minimum Gasteiger partial charge on any atom is -0.474 e. The zero-order valence-electron chi connectivity index (χ0n) is 17.0. The van der Waals surface area contributed by atoms with Gasteiger partial charge in [0.15, 0.2) is 0 Å². The monoisotopic (exact) mass is 415 g/mol. The van der Waals surface area contributed by atoms with Gasteiger partial charge in [-0.25, -0.2) is 14.6 Å². The van der Waals surface area contributed by atoms with E-state index in [0.29, 0.717) is 17.8 Å². The van der Waals surface area contributed by atoms with Crippen molar-refractivity contribution in [2.24, 2.45) is 0 Å². The van der Waals surface area contributed by atoms with Crippen LogP contribution in [0.1, 0.15) is 36.8 Å². The van der Waals surface area contributed by atoms with E-state index in [4.69, 9.17) is 4.74 Å². The Morgan fingerprint density at radius 3 is 2.60 bits per heavy atom. The summed E-state index contributed by atoms with van der Waals surface area (Å²) < 4.78 is 33.7. The van der Waals surface area contributed by atoms with Gasteiger partial charge in [-0.2, -0.15) is 13.9 Å². The van der Waals surface area contributed by atoms with Crippen LogP contribution in [0.15, 0.2) is 55.1 Å². The predicted molar refractivity (Wildman–Crippen MR) is 107 cm³/mol. The first-order chi connectivity index (χ1) is 14.3. The molecule has 0 radical (unpaired) electrons. The fourth-order valence-electron chi connectivity index (χ4n) is 2.99. The number of ether oxygens (including phenoxy) is 1. The highest BCUT2D eigenvalue weighted by molar-refractivity contribution is 5.98. The van der Waals surface area contributed by atoms with Gasteiger partial charge in [-0.1, -0.05) is 12.1 Å². The van der Waals surface area contributed by atoms with E-state index >= 15 is 0 Å². The van der Waals surface area contributed by atoms with Crippen LogP contribution in [-0.4, -0.2) is 49.7 Å². The maximum absolute atomic E-state index is 13.2. The van der Waals surface area contributed by atoms with Gasteiger partial charge in [0.05, 0.1) is 29.7 Å². The van der Waals surface area contributed by atoms with E-state index in [2.05, 4.69) is 15.1 Å². The van der Waals surface area contributed by atoms with Gasteiger partial charge in [-0.3, -0.25) is 4.79 Å². The van der Waals surface area contributed by atoms with Crippen molar-refractivity contribution in [1.82, 2.24) is 24.6 Å². The zero-order valence-corrected chi connectivity index (χ0v) is 17.0. The average Bonchev–Trinajstić information content (AvgIpc) is 3.27. The quantitative estimate of drug-likeness (QED) is 0.561. The standard InChI is InChI=1S/C21H23F2N5O2/c1-4-27(15(2)14-30-19-13-24-18(12-25-19)21(3,22)23)20(29)16-8-5-6-9-17(16)28-11-7-10-26-28/h5-13,15H,4,14H2,1-3H3/t15-/m0/s1. The summed E-state index contributed by atoms with van der Waals surface area (Å²) in [5.41, 5.74) is 0.772. The van der Waals surface area contributed by atoms with E-state index in [1.54, 1.807) is 40.2 Å². The second-order valence-corrected chi connectivity index (χ2v) is 6.85. The zero-order chi connectivity index (χ0) is 21.7. The third-order valence-corrected chi connectivity index (χ3v) is 4.57. The van der Waals surface area contributed by atoms with Crippen LogP contribution in [0.3, 0.4) is 0 Å². The largest absolute Gasteiger partial charge is 0.474 e. The van der Waals surface area contributed by atoms with Gasteiger partial charge < -0.3 is 9.64 Å². The number of amides is 1. The van der Waals surface area contributed by atoms with Gasteiger partial charge in [0, 0.05) is 25.9 Å². The number of rotatable bonds is 8. The van der Waals surface area contributed by atoms with Crippen LogP contribution in [-0.2, 0) is 5.92 Å². The molecule has 1 atom stereocenters. The Hall–Kier alpha value is -3.36.